The van der Waals surface area contributed by atoms with Crippen LogP contribution in [0.4, 0.5) is 37.4 Å². The summed E-state index contributed by atoms with van der Waals surface area (Å²) in [4.78, 5) is 11.5. The molecule has 0 fully saturated rings. The van der Waals surface area contributed by atoms with Gasteiger partial charge in [0, 0.05) is 7.05 Å². The number of rotatable bonds is 2. The molecule has 14 heteroatoms. The fraction of sp³-hybridized carbons (Fsp3) is 0.375. The van der Waals surface area contributed by atoms with E-state index in [4.69, 9.17) is 0 Å². The van der Waals surface area contributed by atoms with Gasteiger partial charge in [-0.25, -0.2) is 0 Å². The summed E-state index contributed by atoms with van der Waals surface area (Å²) < 4.78 is 74.8. The summed E-state index contributed by atoms with van der Waals surface area (Å²) in [5.74, 6) is -0.511. The number of nitrogens with one attached hydrogen (secondary N) is 1. The van der Waals surface area contributed by atoms with Crippen molar-refractivity contribution in [2.24, 2.45) is 7.05 Å². The minimum Gasteiger partial charge on any atom is -0.299 e. The van der Waals surface area contributed by atoms with Crippen molar-refractivity contribution in [1.29, 1.82) is 0 Å². The zero-order valence-corrected chi connectivity index (χ0v) is 11.1. The molecule has 0 aromatic carbocycles. The number of hydrogen-bond acceptors (Lipinski definition) is 7. The second-order valence-electron chi connectivity index (χ2n) is 3.77. The Bertz CT molecular complexity index is 749. The Kier molecular flexibility index (Phi) is 3.80. The van der Waals surface area contributed by atoms with Crippen LogP contribution in [0.2, 0.25) is 0 Å². The van der Waals surface area contributed by atoms with Crippen LogP contribution in [0.1, 0.15) is 10.7 Å². The average molecular weight is 346 g/mol. The Morgan fingerprint density at radius 2 is 1.64 bits per heavy atom. The van der Waals surface area contributed by atoms with Crippen LogP contribution in [0.3, 0.4) is 0 Å². The van der Waals surface area contributed by atoms with Crippen LogP contribution in [0.5, 0.6) is 0 Å². The minimum absolute atomic E-state index is 0.0953. The first-order chi connectivity index (χ1) is 10.00. The zero-order valence-electron chi connectivity index (χ0n) is 10.3. The molecule has 2 aromatic rings. The fourth-order valence-corrected chi connectivity index (χ4v) is 1.84. The summed E-state index contributed by atoms with van der Waals surface area (Å²) in [6.07, 6.45) is -9.71. The molecular weight excluding hydrogens is 342 g/mol. The molecule has 0 aliphatic rings. The Morgan fingerprint density at radius 3 is 2.14 bits per heavy atom. The normalized spacial score (nSPS) is 12.5. The highest BCUT2D eigenvalue weighted by atomic mass is 32.1. The minimum atomic E-state index is -4.99. The number of alkyl halides is 6. The summed E-state index contributed by atoms with van der Waals surface area (Å²) in [5.41, 5.74) is -3.25. The number of hydrogen-bond donors (Lipinski definition) is 1. The zero-order chi connectivity index (χ0) is 16.7. The summed E-state index contributed by atoms with van der Waals surface area (Å²) in [7, 11) is 0.945. The molecule has 0 radical (unpaired) electrons. The molecule has 2 rings (SSSR count). The number of nitrogens with zero attached hydrogens (tertiary/aromatic N) is 5. The lowest BCUT2D eigenvalue weighted by molar-refractivity contribution is -0.143. The van der Waals surface area contributed by atoms with Gasteiger partial charge >= 0.3 is 12.4 Å². The van der Waals surface area contributed by atoms with Gasteiger partial charge in [-0.15, -0.1) is 20.4 Å². The first kappa shape index (κ1) is 16.1. The Morgan fingerprint density at radius 1 is 1.00 bits per heavy atom. The third kappa shape index (κ3) is 3.15. The van der Waals surface area contributed by atoms with Gasteiger partial charge in [0.1, 0.15) is 0 Å². The van der Waals surface area contributed by atoms with Gasteiger partial charge in [-0.2, -0.15) is 26.3 Å². The Hall–Kier alpha value is -2.25. The highest BCUT2D eigenvalue weighted by Crippen LogP contribution is 2.33. The van der Waals surface area contributed by atoms with Gasteiger partial charge < -0.3 is 0 Å². The molecule has 0 atom stereocenters. The maximum atomic E-state index is 12.4. The maximum Gasteiger partial charge on any atom is 0.445 e. The maximum absolute atomic E-state index is 12.4. The van der Waals surface area contributed by atoms with Crippen molar-refractivity contribution >= 4 is 22.4 Å². The molecule has 2 aromatic heterocycles. The molecule has 0 saturated carbocycles. The van der Waals surface area contributed by atoms with E-state index in [1.807, 2.05) is 0 Å². The molecule has 1 N–H and O–H groups in total. The lowest BCUT2D eigenvalue weighted by atomic mass is 10.4. The van der Waals surface area contributed by atoms with Gasteiger partial charge in [0.2, 0.25) is 21.8 Å². The summed E-state index contributed by atoms with van der Waals surface area (Å²) in [6, 6.07) is 0. The Labute approximate surface area is 120 Å². The number of anilines is 2. The topological polar surface area (TPSA) is 85.6 Å². The molecule has 0 aliphatic heterocycles. The predicted octanol–water partition coefficient (Wildman–Crippen LogP) is 1.81. The van der Waals surface area contributed by atoms with Gasteiger partial charge in [0.05, 0.1) is 0 Å². The van der Waals surface area contributed by atoms with E-state index in [1.165, 1.54) is 0 Å². The SMILES string of the molecule is Cn1c(Nc2nnc(C(F)(F)F)s2)nnc(C(F)(F)F)c1=O. The molecule has 0 spiro atoms. The van der Waals surface area contributed by atoms with Crippen LogP contribution >= 0.6 is 11.3 Å². The van der Waals surface area contributed by atoms with E-state index in [0.29, 0.717) is 4.57 Å². The molecule has 0 amide bonds. The molecule has 2 heterocycles. The molecule has 0 bridgehead atoms. The fourth-order valence-electron chi connectivity index (χ4n) is 1.23. The van der Waals surface area contributed by atoms with Gasteiger partial charge in [0.25, 0.3) is 5.56 Å². The van der Waals surface area contributed by atoms with Gasteiger partial charge in [0.15, 0.2) is 0 Å². The molecule has 22 heavy (non-hydrogen) atoms. The smallest absolute Gasteiger partial charge is 0.299 e. The van der Waals surface area contributed by atoms with E-state index in [0.717, 1.165) is 7.05 Å². The molecule has 0 unspecified atom stereocenters. The monoisotopic (exact) mass is 346 g/mol. The van der Waals surface area contributed by atoms with E-state index in [-0.39, 0.29) is 11.3 Å². The third-order valence-corrected chi connectivity index (χ3v) is 3.11. The van der Waals surface area contributed by atoms with Crippen LogP contribution in [0, 0.1) is 0 Å². The highest BCUT2D eigenvalue weighted by Gasteiger charge is 2.38. The van der Waals surface area contributed by atoms with Crippen molar-refractivity contribution in [3.63, 3.8) is 0 Å². The first-order valence-corrected chi connectivity index (χ1v) is 6.00. The van der Waals surface area contributed by atoms with Crippen molar-refractivity contribution in [2.75, 3.05) is 5.32 Å². The number of aromatic nitrogens is 5. The van der Waals surface area contributed by atoms with Crippen molar-refractivity contribution in [2.45, 2.75) is 12.4 Å². The molecule has 0 saturated heterocycles. The lowest BCUT2D eigenvalue weighted by Gasteiger charge is -2.09. The predicted molar refractivity (Wildman–Crippen MR) is 60.5 cm³/mol. The van der Waals surface area contributed by atoms with Crippen LogP contribution in [0.15, 0.2) is 4.79 Å². The molecule has 0 aliphatic carbocycles. The third-order valence-electron chi connectivity index (χ3n) is 2.22. The summed E-state index contributed by atoms with van der Waals surface area (Å²) >= 11 is 0.0953. The Balaban J connectivity index is 2.34. The highest BCUT2D eigenvalue weighted by molar-refractivity contribution is 7.15. The van der Waals surface area contributed by atoms with Crippen molar-refractivity contribution < 1.29 is 26.3 Å². The number of halogens is 6. The van der Waals surface area contributed by atoms with Crippen molar-refractivity contribution in [1.82, 2.24) is 25.0 Å². The van der Waals surface area contributed by atoms with Crippen LogP contribution < -0.4 is 10.9 Å². The molecular formula is C8H4F6N6OS. The van der Waals surface area contributed by atoms with Crippen LogP contribution in [-0.2, 0) is 19.4 Å². The average Bonchev–Trinajstić information content (AvgIpc) is 2.82. The van der Waals surface area contributed by atoms with Crippen molar-refractivity contribution in [3.05, 3.63) is 21.1 Å². The van der Waals surface area contributed by atoms with E-state index in [9.17, 15) is 31.1 Å². The van der Waals surface area contributed by atoms with E-state index < -0.39 is 39.7 Å². The van der Waals surface area contributed by atoms with E-state index >= 15 is 0 Å². The van der Waals surface area contributed by atoms with Gasteiger partial charge in [-0.3, -0.25) is 14.7 Å². The van der Waals surface area contributed by atoms with E-state index in [2.05, 4.69) is 25.7 Å². The second kappa shape index (κ2) is 5.19. The molecule has 120 valence electrons. The standard InChI is InChI=1S/C8H4F6N6OS/c1-20-3(21)2(7(9,10)11)16-18-5(20)15-6-19-17-4(22-6)8(12,13)14/h1H3,(H,15,18,19). The second-order valence-corrected chi connectivity index (χ2v) is 4.75. The van der Waals surface area contributed by atoms with Gasteiger partial charge in [-0.05, 0) is 0 Å². The van der Waals surface area contributed by atoms with E-state index in [1.54, 1.807) is 0 Å². The molecule has 7 nitrogen and oxygen atoms in total. The van der Waals surface area contributed by atoms with Crippen LogP contribution in [-0.4, -0.2) is 25.0 Å². The first-order valence-electron chi connectivity index (χ1n) is 5.19. The quantitative estimate of drug-likeness (QED) is 0.835. The van der Waals surface area contributed by atoms with Gasteiger partial charge in [-0.1, -0.05) is 11.3 Å². The largest absolute Gasteiger partial charge is 0.445 e. The van der Waals surface area contributed by atoms with Crippen LogP contribution in [0.25, 0.3) is 0 Å². The lowest BCUT2D eigenvalue weighted by Crippen LogP contribution is -2.31. The summed E-state index contributed by atoms with van der Waals surface area (Å²) in [5, 5.41) is 12.3. The van der Waals surface area contributed by atoms with Crippen molar-refractivity contribution in [3.8, 4) is 0 Å². The summed E-state index contributed by atoms with van der Waals surface area (Å²) in [6.45, 7) is 0.